The van der Waals surface area contributed by atoms with Crippen LogP contribution in [0.25, 0.3) is 0 Å². The lowest BCUT2D eigenvalue weighted by Gasteiger charge is -2.07. The number of carbonyl (C=O) groups excluding carboxylic acids is 1. The first-order valence-corrected chi connectivity index (χ1v) is 6.78. The van der Waals surface area contributed by atoms with E-state index in [1.807, 2.05) is 0 Å². The van der Waals surface area contributed by atoms with Gasteiger partial charge in [-0.25, -0.2) is 0 Å². The number of nitrogens with zero attached hydrogens (tertiary/aromatic N) is 1. The van der Waals surface area contributed by atoms with Gasteiger partial charge in [0.25, 0.3) is 11.7 Å². The van der Waals surface area contributed by atoms with E-state index in [2.05, 4.69) is 10.3 Å². The van der Waals surface area contributed by atoms with E-state index in [1.54, 1.807) is 12.1 Å². The maximum atomic E-state index is 12.2. The third-order valence-electron chi connectivity index (χ3n) is 2.35. The lowest BCUT2D eigenvalue weighted by Crippen LogP contribution is -2.12. The molecule has 0 aliphatic heterocycles. The molecule has 1 aromatic carbocycles. The lowest BCUT2D eigenvalue weighted by molar-refractivity contribution is 0.102. The maximum Gasteiger partial charge on any atom is 0.288 e. The van der Waals surface area contributed by atoms with Crippen molar-refractivity contribution < 1.29 is 13.6 Å². The second kappa shape index (κ2) is 6.67. The lowest BCUT2D eigenvalue weighted by atomic mass is 10.2. The van der Waals surface area contributed by atoms with Crippen molar-refractivity contribution in [2.24, 2.45) is 0 Å². The number of carbonyl (C=O) groups is 1. The summed E-state index contributed by atoms with van der Waals surface area (Å²) in [6.07, 6.45) is 2.84. The molecule has 1 aromatic heterocycles. The highest BCUT2D eigenvalue weighted by Gasteiger charge is 2.10. The fourth-order valence-electron chi connectivity index (χ4n) is 1.48. The highest BCUT2D eigenvalue weighted by molar-refractivity contribution is 7.99. The van der Waals surface area contributed by atoms with E-state index in [0.717, 1.165) is 0 Å². The minimum absolute atomic E-state index is 0.245. The number of benzene rings is 1. The van der Waals surface area contributed by atoms with Gasteiger partial charge < -0.3 is 5.32 Å². The Morgan fingerprint density at radius 3 is 2.55 bits per heavy atom. The summed E-state index contributed by atoms with van der Waals surface area (Å²) < 4.78 is 24.3. The number of amides is 1. The predicted molar refractivity (Wildman–Crippen MR) is 75.5 cm³/mol. The number of hydrogen-bond donors (Lipinski definition) is 1. The van der Waals surface area contributed by atoms with Crippen LogP contribution in [0.15, 0.2) is 47.6 Å². The first-order chi connectivity index (χ1) is 9.56. The van der Waals surface area contributed by atoms with E-state index in [4.69, 9.17) is 11.6 Å². The average molecular weight is 315 g/mol. The Labute approximate surface area is 123 Å². The zero-order valence-corrected chi connectivity index (χ0v) is 11.6. The molecule has 0 aliphatic rings. The number of rotatable bonds is 4. The molecule has 2 aromatic rings. The number of halogens is 3. The summed E-state index contributed by atoms with van der Waals surface area (Å²) in [6.45, 7) is 0. The molecule has 0 aliphatic carbocycles. The van der Waals surface area contributed by atoms with Crippen LogP contribution in [0.5, 0.6) is 0 Å². The Morgan fingerprint density at radius 1 is 1.25 bits per heavy atom. The molecule has 7 heteroatoms. The van der Waals surface area contributed by atoms with Gasteiger partial charge in [-0.15, -0.1) is 0 Å². The third-order valence-corrected chi connectivity index (χ3v) is 3.38. The molecule has 0 spiro atoms. The van der Waals surface area contributed by atoms with Crippen LogP contribution in [-0.4, -0.2) is 16.6 Å². The van der Waals surface area contributed by atoms with Crippen LogP contribution in [0, 0.1) is 0 Å². The average Bonchev–Trinajstić information content (AvgIpc) is 2.41. The van der Waals surface area contributed by atoms with Crippen molar-refractivity contribution in [2.75, 3.05) is 5.32 Å². The smallest absolute Gasteiger partial charge is 0.288 e. The minimum atomic E-state index is -2.47. The highest BCUT2D eigenvalue weighted by Crippen LogP contribution is 2.26. The first-order valence-electron chi connectivity index (χ1n) is 5.52. The molecule has 0 fully saturated rings. The molecular formula is C13H9ClF2N2OS. The fraction of sp³-hybridized carbons (Fsp3) is 0.0769. The van der Waals surface area contributed by atoms with Gasteiger partial charge in [-0.05, 0) is 30.3 Å². The predicted octanol–water partition coefficient (Wildman–Crippen LogP) is 4.30. The van der Waals surface area contributed by atoms with Crippen molar-refractivity contribution in [1.29, 1.82) is 0 Å². The molecule has 0 radical (unpaired) electrons. The van der Waals surface area contributed by atoms with E-state index in [1.165, 1.54) is 30.6 Å². The zero-order valence-electron chi connectivity index (χ0n) is 10.0. The first kappa shape index (κ1) is 14.7. The number of hydrogen-bond acceptors (Lipinski definition) is 3. The monoisotopic (exact) mass is 314 g/mol. The summed E-state index contributed by atoms with van der Waals surface area (Å²) in [6, 6.07) is 7.63. The molecule has 0 atom stereocenters. The van der Waals surface area contributed by atoms with Crippen molar-refractivity contribution in [3.8, 4) is 0 Å². The van der Waals surface area contributed by atoms with Crippen LogP contribution >= 0.6 is 23.4 Å². The van der Waals surface area contributed by atoms with Crippen molar-refractivity contribution in [3.63, 3.8) is 0 Å². The zero-order chi connectivity index (χ0) is 14.5. The molecule has 1 heterocycles. The largest absolute Gasteiger partial charge is 0.322 e. The second-order valence-electron chi connectivity index (χ2n) is 3.71. The summed E-state index contributed by atoms with van der Waals surface area (Å²) in [4.78, 5) is 16.2. The fourth-order valence-corrected chi connectivity index (χ4v) is 2.18. The maximum absolute atomic E-state index is 12.2. The van der Waals surface area contributed by atoms with Crippen molar-refractivity contribution in [3.05, 3.63) is 53.3 Å². The van der Waals surface area contributed by atoms with Crippen LogP contribution in [0.4, 0.5) is 14.5 Å². The molecule has 1 amide bonds. The van der Waals surface area contributed by atoms with Crippen LogP contribution in [0.2, 0.25) is 5.02 Å². The van der Waals surface area contributed by atoms with Gasteiger partial charge in [-0.2, -0.15) is 8.78 Å². The summed E-state index contributed by atoms with van der Waals surface area (Å²) in [7, 11) is 0. The molecule has 0 bridgehead atoms. The van der Waals surface area contributed by atoms with E-state index in [-0.39, 0.29) is 10.9 Å². The SMILES string of the molecule is O=C(Nc1ccc(SC(F)F)cc1)c1ccncc1Cl. The Kier molecular flexibility index (Phi) is 4.92. The van der Waals surface area contributed by atoms with Crippen LogP contribution in [0.1, 0.15) is 10.4 Å². The van der Waals surface area contributed by atoms with Gasteiger partial charge in [0.05, 0.1) is 10.6 Å². The second-order valence-corrected chi connectivity index (χ2v) is 5.18. The Hall–Kier alpha value is -1.66. The third kappa shape index (κ3) is 3.91. The van der Waals surface area contributed by atoms with E-state index >= 15 is 0 Å². The van der Waals surface area contributed by atoms with E-state index in [0.29, 0.717) is 27.9 Å². The summed E-state index contributed by atoms with van der Waals surface area (Å²) in [5.41, 5.74) is 0.800. The van der Waals surface area contributed by atoms with Crippen LogP contribution < -0.4 is 5.32 Å². The number of nitrogens with one attached hydrogen (secondary N) is 1. The molecule has 2 rings (SSSR count). The Morgan fingerprint density at radius 2 is 1.95 bits per heavy atom. The molecule has 0 unspecified atom stereocenters. The number of alkyl halides is 2. The van der Waals surface area contributed by atoms with Gasteiger partial charge in [-0.3, -0.25) is 9.78 Å². The molecule has 3 nitrogen and oxygen atoms in total. The van der Waals surface area contributed by atoms with E-state index < -0.39 is 5.76 Å². The van der Waals surface area contributed by atoms with Gasteiger partial charge in [-0.1, -0.05) is 23.4 Å². The summed E-state index contributed by atoms with van der Waals surface area (Å²) in [5.74, 6) is -2.85. The standard InChI is InChI=1S/C13H9ClF2N2OS/c14-11-7-17-6-5-10(11)12(19)18-8-1-3-9(4-2-8)20-13(15)16/h1-7,13H,(H,18,19). The molecule has 104 valence electrons. The molecule has 1 N–H and O–H groups in total. The van der Waals surface area contributed by atoms with E-state index in [9.17, 15) is 13.6 Å². The summed E-state index contributed by atoms with van der Waals surface area (Å²) >= 11 is 6.31. The van der Waals surface area contributed by atoms with Gasteiger partial charge in [0.2, 0.25) is 0 Å². The van der Waals surface area contributed by atoms with Crippen LogP contribution in [0.3, 0.4) is 0 Å². The van der Waals surface area contributed by atoms with Gasteiger partial charge in [0.15, 0.2) is 0 Å². The van der Waals surface area contributed by atoms with Crippen LogP contribution in [-0.2, 0) is 0 Å². The molecule has 20 heavy (non-hydrogen) atoms. The van der Waals surface area contributed by atoms with Gasteiger partial charge in [0, 0.05) is 23.0 Å². The van der Waals surface area contributed by atoms with Crippen molar-refractivity contribution in [2.45, 2.75) is 10.7 Å². The number of pyridine rings is 1. The minimum Gasteiger partial charge on any atom is -0.322 e. The van der Waals surface area contributed by atoms with Crippen molar-refractivity contribution in [1.82, 2.24) is 4.98 Å². The number of anilines is 1. The molecule has 0 saturated heterocycles. The highest BCUT2D eigenvalue weighted by atomic mass is 35.5. The topological polar surface area (TPSA) is 42.0 Å². The summed E-state index contributed by atoms with van der Waals surface area (Å²) in [5, 5.41) is 2.88. The Bertz CT molecular complexity index is 608. The normalized spacial score (nSPS) is 10.6. The Balaban J connectivity index is 2.07. The molecular weight excluding hydrogens is 306 g/mol. The van der Waals surface area contributed by atoms with Crippen molar-refractivity contribution >= 4 is 35.0 Å². The number of thioether (sulfide) groups is 1. The van der Waals surface area contributed by atoms with Gasteiger partial charge >= 0.3 is 0 Å². The van der Waals surface area contributed by atoms with Gasteiger partial charge in [0.1, 0.15) is 0 Å². The quantitative estimate of drug-likeness (QED) is 0.855. The molecule has 0 saturated carbocycles. The number of aromatic nitrogens is 1.